The second-order valence-corrected chi connectivity index (χ2v) is 6.17. The zero-order chi connectivity index (χ0) is 12.5. The van der Waals surface area contributed by atoms with Gasteiger partial charge in [0.25, 0.3) is 0 Å². The minimum absolute atomic E-state index is 0.637. The molecule has 4 heteroatoms. The standard InChI is InChI=1S/C14H18Cl2N2/c15-13-2-1-12(7-14(13)16)18-8-10-3-5-17-6-4-11(10)9-18/h1-2,7,10-11,17H,3-6,8-9H2. The van der Waals surface area contributed by atoms with Gasteiger partial charge in [-0.15, -0.1) is 0 Å². The molecule has 0 aliphatic carbocycles. The average molecular weight is 285 g/mol. The molecule has 2 atom stereocenters. The Morgan fingerprint density at radius 1 is 1.00 bits per heavy atom. The van der Waals surface area contributed by atoms with E-state index in [4.69, 9.17) is 23.2 Å². The predicted molar refractivity (Wildman–Crippen MR) is 77.8 cm³/mol. The van der Waals surface area contributed by atoms with Crippen molar-refractivity contribution < 1.29 is 0 Å². The van der Waals surface area contributed by atoms with Gasteiger partial charge in [0.2, 0.25) is 0 Å². The molecule has 2 heterocycles. The third-order valence-electron chi connectivity index (χ3n) is 4.23. The molecule has 1 aromatic carbocycles. The molecule has 0 radical (unpaired) electrons. The first-order chi connectivity index (χ1) is 8.74. The Morgan fingerprint density at radius 2 is 1.67 bits per heavy atom. The Labute approximate surface area is 118 Å². The molecule has 0 bridgehead atoms. The van der Waals surface area contributed by atoms with Crippen molar-refractivity contribution in [3.8, 4) is 0 Å². The van der Waals surface area contributed by atoms with Crippen LogP contribution >= 0.6 is 23.2 Å². The first-order valence-corrected chi connectivity index (χ1v) is 7.40. The maximum atomic E-state index is 6.10. The highest BCUT2D eigenvalue weighted by Gasteiger charge is 2.33. The molecular weight excluding hydrogens is 267 g/mol. The van der Waals surface area contributed by atoms with E-state index >= 15 is 0 Å². The van der Waals surface area contributed by atoms with Gasteiger partial charge in [0.1, 0.15) is 0 Å². The summed E-state index contributed by atoms with van der Waals surface area (Å²) in [6.07, 6.45) is 2.59. The van der Waals surface area contributed by atoms with Crippen molar-refractivity contribution in [1.29, 1.82) is 0 Å². The summed E-state index contributed by atoms with van der Waals surface area (Å²) in [5, 5.41) is 4.78. The van der Waals surface area contributed by atoms with Crippen LogP contribution in [0.25, 0.3) is 0 Å². The highest BCUT2D eigenvalue weighted by Crippen LogP contribution is 2.35. The molecule has 1 aromatic rings. The molecular formula is C14H18Cl2N2. The summed E-state index contributed by atoms with van der Waals surface area (Å²) < 4.78 is 0. The zero-order valence-corrected chi connectivity index (χ0v) is 11.8. The molecule has 2 nitrogen and oxygen atoms in total. The third kappa shape index (κ3) is 2.47. The van der Waals surface area contributed by atoms with Crippen LogP contribution in [0.4, 0.5) is 5.69 Å². The van der Waals surface area contributed by atoms with Crippen LogP contribution in [0.1, 0.15) is 12.8 Å². The number of nitrogens with zero attached hydrogens (tertiary/aromatic N) is 1. The van der Waals surface area contributed by atoms with E-state index in [1.165, 1.54) is 18.5 Å². The fraction of sp³-hybridized carbons (Fsp3) is 0.571. The van der Waals surface area contributed by atoms with Crippen LogP contribution in [0.2, 0.25) is 10.0 Å². The Hall–Kier alpha value is -0.440. The number of fused-ring (bicyclic) bond motifs is 1. The number of hydrogen-bond donors (Lipinski definition) is 1. The largest absolute Gasteiger partial charge is 0.371 e. The van der Waals surface area contributed by atoms with E-state index in [0.29, 0.717) is 10.0 Å². The van der Waals surface area contributed by atoms with Gasteiger partial charge in [-0.1, -0.05) is 23.2 Å². The number of anilines is 1. The van der Waals surface area contributed by atoms with E-state index in [9.17, 15) is 0 Å². The van der Waals surface area contributed by atoms with Crippen molar-refractivity contribution in [2.75, 3.05) is 31.1 Å². The zero-order valence-electron chi connectivity index (χ0n) is 10.3. The average Bonchev–Trinajstić information content (AvgIpc) is 2.64. The molecule has 2 fully saturated rings. The smallest absolute Gasteiger partial charge is 0.0612 e. The summed E-state index contributed by atoms with van der Waals surface area (Å²) in [7, 11) is 0. The van der Waals surface area contributed by atoms with E-state index in [1.807, 2.05) is 12.1 Å². The van der Waals surface area contributed by atoms with Crippen LogP contribution in [-0.2, 0) is 0 Å². The lowest BCUT2D eigenvalue weighted by Crippen LogP contribution is -2.22. The topological polar surface area (TPSA) is 15.3 Å². The van der Waals surface area contributed by atoms with E-state index in [0.717, 1.165) is 38.0 Å². The molecule has 0 saturated carbocycles. The third-order valence-corrected chi connectivity index (χ3v) is 4.97. The molecule has 98 valence electrons. The Bertz CT molecular complexity index is 422. The van der Waals surface area contributed by atoms with Gasteiger partial charge in [-0.2, -0.15) is 0 Å². The Morgan fingerprint density at radius 3 is 2.28 bits per heavy atom. The summed E-state index contributed by atoms with van der Waals surface area (Å²) in [6.45, 7) is 4.64. The van der Waals surface area contributed by atoms with Crippen LogP contribution < -0.4 is 10.2 Å². The van der Waals surface area contributed by atoms with E-state index in [-0.39, 0.29) is 0 Å². The highest BCUT2D eigenvalue weighted by atomic mass is 35.5. The minimum atomic E-state index is 0.637. The van der Waals surface area contributed by atoms with Gasteiger partial charge in [-0.3, -0.25) is 0 Å². The van der Waals surface area contributed by atoms with Crippen molar-refractivity contribution in [2.45, 2.75) is 12.8 Å². The summed E-state index contributed by atoms with van der Waals surface area (Å²) in [5.41, 5.74) is 1.21. The van der Waals surface area contributed by atoms with Gasteiger partial charge in [0, 0.05) is 18.8 Å². The van der Waals surface area contributed by atoms with Crippen molar-refractivity contribution in [2.24, 2.45) is 11.8 Å². The molecule has 2 saturated heterocycles. The van der Waals surface area contributed by atoms with Gasteiger partial charge in [0.15, 0.2) is 0 Å². The van der Waals surface area contributed by atoms with Gasteiger partial charge >= 0.3 is 0 Å². The molecule has 2 aliphatic heterocycles. The molecule has 0 aromatic heterocycles. The monoisotopic (exact) mass is 284 g/mol. The van der Waals surface area contributed by atoms with Gasteiger partial charge in [-0.25, -0.2) is 0 Å². The van der Waals surface area contributed by atoms with Gasteiger partial charge < -0.3 is 10.2 Å². The van der Waals surface area contributed by atoms with Crippen LogP contribution in [0.5, 0.6) is 0 Å². The fourth-order valence-corrected chi connectivity index (χ4v) is 3.48. The van der Waals surface area contributed by atoms with Crippen molar-refractivity contribution in [1.82, 2.24) is 5.32 Å². The quantitative estimate of drug-likeness (QED) is 0.850. The summed E-state index contributed by atoms with van der Waals surface area (Å²) >= 11 is 12.1. The SMILES string of the molecule is Clc1ccc(N2CC3CCNCCC3C2)cc1Cl. The summed E-state index contributed by atoms with van der Waals surface area (Å²) in [5.74, 6) is 1.66. The number of hydrogen-bond acceptors (Lipinski definition) is 2. The molecule has 0 amide bonds. The predicted octanol–water partition coefficient (Wildman–Crippen LogP) is 3.43. The van der Waals surface area contributed by atoms with Crippen molar-refractivity contribution >= 4 is 28.9 Å². The number of rotatable bonds is 1. The molecule has 2 aliphatic rings. The maximum absolute atomic E-state index is 6.10. The lowest BCUT2D eigenvalue weighted by molar-refractivity contribution is 0.409. The van der Waals surface area contributed by atoms with Crippen LogP contribution in [0.3, 0.4) is 0 Å². The number of nitrogens with one attached hydrogen (secondary N) is 1. The number of benzene rings is 1. The fourth-order valence-electron chi connectivity index (χ4n) is 3.19. The molecule has 18 heavy (non-hydrogen) atoms. The van der Waals surface area contributed by atoms with Crippen molar-refractivity contribution in [3.63, 3.8) is 0 Å². The van der Waals surface area contributed by atoms with Gasteiger partial charge in [-0.05, 0) is 56.0 Å². The normalized spacial score (nSPS) is 28.0. The maximum Gasteiger partial charge on any atom is 0.0612 e. The summed E-state index contributed by atoms with van der Waals surface area (Å²) in [6, 6.07) is 5.97. The van der Waals surface area contributed by atoms with Crippen LogP contribution in [0, 0.1) is 11.8 Å². The highest BCUT2D eigenvalue weighted by molar-refractivity contribution is 6.42. The first kappa shape index (κ1) is 12.6. The van der Waals surface area contributed by atoms with Crippen molar-refractivity contribution in [3.05, 3.63) is 28.2 Å². The second kappa shape index (κ2) is 5.28. The second-order valence-electron chi connectivity index (χ2n) is 5.35. The molecule has 1 N–H and O–H groups in total. The first-order valence-electron chi connectivity index (χ1n) is 6.65. The van der Waals surface area contributed by atoms with Crippen LogP contribution in [-0.4, -0.2) is 26.2 Å². The van der Waals surface area contributed by atoms with E-state index < -0.39 is 0 Å². The molecule has 0 spiro atoms. The molecule has 2 unspecified atom stereocenters. The lowest BCUT2D eigenvalue weighted by atomic mass is 9.92. The minimum Gasteiger partial charge on any atom is -0.371 e. The lowest BCUT2D eigenvalue weighted by Gasteiger charge is -2.19. The van der Waals surface area contributed by atoms with E-state index in [1.54, 1.807) is 0 Å². The number of halogens is 2. The summed E-state index contributed by atoms with van der Waals surface area (Å²) in [4.78, 5) is 2.46. The Balaban J connectivity index is 1.76. The van der Waals surface area contributed by atoms with E-state index in [2.05, 4.69) is 16.3 Å². The molecule has 3 rings (SSSR count). The Kier molecular flexibility index (Phi) is 3.69. The van der Waals surface area contributed by atoms with Gasteiger partial charge in [0.05, 0.1) is 10.0 Å². The van der Waals surface area contributed by atoms with Crippen LogP contribution in [0.15, 0.2) is 18.2 Å².